The van der Waals surface area contributed by atoms with Crippen molar-refractivity contribution in [1.29, 1.82) is 0 Å². The van der Waals surface area contributed by atoms with Gasteiger partial charge >= 0.3 is 5.97 Å². The number of carbonyl (C=O) groups is 1. The van der Waals surface area contributed by atoms with E-state index in [1.807, 2.05) is 24.3 Å². The van der Waals surface area contributed by atoms with Crippen LogP contribution in [0.1, 0.15) is 36.9 Å². The van der Waals surface area contributed by atoms with Gasteiger partial charge in [-0.2, -0.15) is 0 Å². The average Bonchev–Trinajstić information content (AvgIpc) is 2.83. The molecule has 2 rings (SSSR count). The largest absolute Gasteiger partial charge is 0.480 e. The molecule has 0 unspecified atom stereocenters. The van der Waals surface area contributed by atoms with Gasteiger partial charge in [-0.1, -0.05) is 31.2 Å². The second kappa shape index (κ2) is 5.32. The van der Waals surface area contributed by atoms with Crippen molar-refractivity contribution in [2.45, 2.75) is 32.2 Å². The monoisotopic (exact) mass is 233 g/mol. The Hall–Kier alpha value is -1.35. The Morgan fingerprint density at radius 1 is 1.29 bits per heavy atom. The molecule has 0 aromatic heterocycles. The number of carboxylic acid groups (broad SMARTS) is 1. The van der Waals surface area contributed by atoms with Crippen molar-refractivity contribution in [1.82, 2.24) is 4.90 Å². The summed E-state index contributed by atoms with van der Waals surface area (Å²) < 4.78 is 0. The lowest BCUT2D eigenvalue weighted by Crippen LogP contribution is -2.31. The zero-order valence-corrected chi connectivity index (χ0v) is 10.2. The van der Waals surface area contributed by atoms with E-state index in [1.54, 1.807) is 0 Å². The van der Waals surface area contributed by atoms with E-state index in [1.165, 1.54) is 5.56 Å². The van der Waals surface area contributed by atoms with Crippen molar-refractivity contribution in [3.05, 3.63) is 35.4 Å². The number of aryl methyl sites for hydroxylation is 1. The van der Waals surface area contributed by atoms with Crippen LogP contribution in [0.5, 0.6) is 0 Å². The Labute approximate surface area is 102 Å². The van der Waals surface area contributed by atoms with Gasteiger partial charge in [-0.3, -0.25) is 9.69 Å². The smallest absolute Gasteiger partial charge is 0.325 e. The van der Waals surface area contributed by atoms with E-state index in [4.69, 9.17) is 0 Å². The minimum absolute atomic E-state index is 0.469. The molecule has 1 saturated heterocycles. The molecule has 3 nitrogen and oxygen atoms in total. The highest BCUT2D eigenvalue weighted by atomic mass is 16.4. The molecule has 3 heteroatoms. The highest BCUT2D eigenvalue weighted by Gasteiger charge is 2.29. The van der Waals surface area contributed by atoms with E-state index < -0.39 is 12.0 Å². The Bertz CT molecular complexity index is 380. The Kier molecular flexibility index (Phi) is 3.79. The minimum atomic E-state index is -0.740. The number of nitrogens with zero attached hydrogens (tertiary/aromatic N) is 1. The molecule has 1 aromatic carbocycles. The number of carboxylic acids is 1. The molecule has 0 saturated carbocycles. The van der Waals surface area contributed by atoms with Crippen LogP contribution in [0.4, 0.5) is 0 Å². The third kappa shape index (κ3) is 2.67. The highest BCUT2D eigenvalue weighted by Crippen LogP contribution is 2.25. The van der Waals surface area contributed by atoms with Crippen LogP contribution in [0.15, 0.2) is 24.3 Å². The van der Waals surface area contributed by atoms with E-state index in [0.29, 0.717) is 0 Å². The second-order valence-electron chi connectivity index (χ2n) is 4.58. The van der Waals surface area contributed by atoms with Crippen LogP contribution in [0.2, 0.25) is 0 Å². The summed E-state index contributed by atoms with van der Waals surface area (Å²) in [5.41, 5.74) is 2.15. The van der Waals surface area contributed by atoms with Crippen LogP contribution in [0.3, 0.4) is 0 Å². The molecule has 0 radical (unpaired) electrons. The summed E-state index contributed by atoms with van der Waals surface area (Å²) in [6, 6.07) is 7.50. The molecule has 17 heavy (non-hydrogen) atoms. The molecule has 0 spiro atoms. The predicted molar refractivity (Wildman–Crippen MR) is 67.0 cm³/mol. The third-order valence-electron chi connectivity index (χ3n) is 3.44. The standard InChI is InChI=1S/C14H19NO2/c1-2-11-5-7-12(8-6-11)13(14(16)17)15-9-3-4-10-15/h5-8,13H,2-4,9-10H2,1H3,(H,16,17)/t13-/m1/s1. The van der Waals surface area contributed by atoms with Gasteiger partial charge in [0.05, 0.1) is 0 Å². The highest BCUT2D eigenvalue weighted by molar-refractivity contribution is 5.75. The first kappa shape index (κ1) is 12.1. The lowest BCUT2D eigenvalue weighted by Gasteiger charge is -2.24. The molecule has 1 aliphatic rings. The van der Waals surface area contributed by atoms with E-state index in [-0.39, 0.29) is 0 Å². The number of hydrogen-bond donors (Lipinski definition) is 1. The fraction of sp³-hybridized carbons (Fsp3) is 0.500. The topological polar surface area (TPSA) is 40.5 Å². The molecule has 1 aromatic rings. The maximum Gasteiger partial charge on any atom is 0.325 e. The van der Waals surface area contributed by atoms with E-state index in [2.05, 4.69) is 11.8 Å². The first-order valence-electron chi connectivity index (χ1n) is 6.28. The summed E-state index contributed by atoms with van der Waals surface area (Å²) in [7, 11) is 0. The maximum absolute atomic E-state index is 11.4. The molecule has 92 valence electrons. The maximum atomic E-state index is 11.4. The van der Waals surface area contributed by atoms with Crippen LogP contribution >= 0.6 is 0 Å². The lowest BCUT2D eigenvalue weighted by molar-refractivity contribution is -0.143. The fourth-order valence-corrected chi connectivity index (χ4v) is 2.45. The van der Waals surface area contributed by atoms with Gasteiger partial charge in [0.15, 0.2) is 0 Å². The first-order valence-corrected chi connectivity index (χ1v) is 6.28. The van der Waals surface area contributed by atoms with Gasteiger partial charge < -0.3 is 5.11 Å². The molecule has 0 bridgehead atoms. The zero-order chi connectivity index (χ0) is 12.3. The predicted octanol–water partition coefficient (Wildman–Crippen LogP) is 2.47. The Morgan fingerprint density at radius 2 is 1.88 bits per heavy atom. The molecule has 1 N–H and O–H groups in total. The number of aliphatic carboxylic acids is 1. The molecular weight excluding hydrogens is 214 g/mol. The van der Waals surface area contributed by atoms with E-state index in [9.17, 15) is 9.90 Å². The zero-order valence-electron chi connectivity index (χ0n) is 10.2. The molecule has 1 fully saturated rings. The summed E-state index contributed by atoms with van der Waals surface area (Å²) in [6.07, 6.45) is 3.20. The van der Waals surface area contributed by atoms with Gasteiger partial charge in [-0.05, 0) is 43.5 Å². The number of likely N-dealkylation sites (tertiary alicyclic amines) is 1. The third-order valence-corrected chi connectivity index (χ3v) is 3.44. The average molecular weight is 233 g/mol. The van der Waals surface area contributed by atoms with Gasteiger partial charge in [0.25, 0.3) is 0 Å². The normalized spacial score (nSPS) is 18.2. The van der Waals surface area contributed by atoms with Gasteiger partial charge in [-0.15, -0.1) is 0 Å². The minimum Gasteiger partial charge on any atom is -0.480 e. The van der Waals surface area contributed by atoms with Crippen LogP contribution in [0.25, 0.3) is 0 Å². The second-order valence-corrected chi connectivity index (χ2v) is 4.58. The number of benzene rings is 1. The van der Waals surface area contributed by atoms with Gasteiger partial charge in [0, 0.05) is 0 Å². The quantitative estimate of drug-likeness (QED) is 0.868. The SMILES string of the molecule is CCc1ccc([C@H](C(=O)O)N2CCCC2)cc1. The number of rotatable bonds is 4. The van der Waals surface area contributed by atoms with Crippen LogP contribution < -0.4 is 0 Å². The molecule has 0 aliphatic carbocycles. The van der Waals surface area contributed by atoms with Crippen LogP contribution in [-0.4, -0.2) is 29.1 Å². The van der Waals surface area contributed by atoms with Crippen molar-refractivity contribution in [2.24, 2.45) is 0 Å². The molecular formula is C14H19NO2. The van der Waals surface area contributed by atoms with Gasteiger partial charge in [0.2, 0.25) is 0 Å². The Balaban J connectivity index is 2.22. The van der Waals surface area contributed by atoms with E-state index >= 15 is 0 Å². The summed E-state index contributed by atoms with van der Waals surface area (Å²) >= 11 is 0. The lowest BCUT2D eigenvalue weighted by atomic mass is 10.0. The van der Waals surface area contributed by atoms with Crippen molar-refractivity contribution in [3.8, 4) is 0 Å². The van der Waals surface area contributed by atoms with Crippen LogP contribution in [0, 0.1) is 0 Å². The van der Waals surface area contributed by atoms with Crippen molar-refractivity contribution in [3.63, 3.8) is 0 Å². The van der Waals surface area contributed by atoms with Crippen molar-refractivity contribution < 1.29 is 9.90 Å². The Morgan fingerprint density at radius 3 is 2.35 bits per heavy atom. The summed E-state index contributed by atoms with van der Waals surface area (Å²) in [6.45, 7) is 3.89. The summed E-state index contributed by atoms with van der Waals surface area (Å²) in [4.78, 5) is 13.5. The molecule has 1 aliphatic heterocycles. The van der Waals surface area contributed by atoms with E-state index in [0.717, 1.165) is 37.9 Å². The fourth-order valence-electron chi connectivity index (χ4n) is 2.45. The number of hydrogen-bond acceptors (Lipinski definition) is 2. The molecule has 0 amide bonds. The van der Waals surface area contributed by atoms with Crippen molar-refractivity contribution >= 4 is 5.97 Å². The molecule has 1 atom stereocenters. The summed E-state index contributed by atoms with van der Waals surface area (Å²) in [5.74, 6) is -0.740. The van der Waals surface area contributed by atoms with Gasteiger partial charge in [-0.25, -0.2) is 0 Å². The van der Waals surface area contributed by atoms with Gasteiger partial charge in [0.1, 0.15) is 6.04 Å². The molecule has 1 heterocycles. The van der Waals surface area contributed by atoms with Crippen molar-refractivity contribution in [2.75, 3.05) is 13.1 Å². The first-order chi connectivity index (χ1) is 8.22. The summed E-state index contributed by atoms with van der Waals surface area (Å²) in [5, 5.41) is 9.37. The van der Waals surface area contributed by atoms with Crippen LogP contribution in [-0.2, 0) is 11.2 Å².